The van der Waals surface area contributed by atoms with E-state index >= 15 is 0 Å². The van der Waals surface area contributed by atoms with Gasteiger partial charge in [-0.25, -0.2) is 0 Å². The van der Waals surface area contributed by atoms with Gasteiger partial charge in [-0.05, 0) is 30.9 Å². The van der Waals surface area contributed by atoms with Crippen LogP contribution in [0.2, 0.25) is 5.02 Å². The number of rotatable bonds is 6. The van der Waals surface area contributed by atoms with Crippen LogP contribution in [0.4, 0.5) is 11.4 Å². The molecule has 0 spiro atoms. The van der Waals surface area contributed by atoms with Crippen LogP contribution >= 0.6 is 11.6 Å². The molecule has 1 atom stereocenters. The molecule has 0 aliphatic heterocycles. The molecule has 0 amide bonds. The fourth-order valence-electron chi connectivity index (χ4n) is 1.95. The molecule has 2 rings (SSSR count). The van der Waals surface area contributed by atoms with Gasteiger partial charge < -0.3 is 10.1 Å². The van der Waals surface area contributed by atoms with Crippen molar-refractivity contribution in [3.8, 4) is 0 Å². The highest BCUT2D eigenvalue weighted by atomic mass is 35.5. The van der Waals surface area contributed by atoms with Crippen molar-refractivity contribution in [3.63, 3.8) is 0 Å². The third kappa shape index (κ3) is 3.11. The van der Waals surface area contributed by atoms with Crippen LogP contribution in [0.5, 0.6) is 0 Å². The zero-order valence-electron chi connectivity index (χ0n) is 10.1. The molecule has 1 aromatic carbocycles. The molecule has 0 heterocycles. The van der Waals surface area contributed by atoms with Crippen molar-refractivity contribution >= 4 is 23.0 Å². The predicted molar refractivity (Wildman–Crippen MR) is 70.1 cm³/mol. The zero-order chi connectivity index (χ0) is 13.1. The normalized spacial score (nSPS) is 16.3. The summed E-state index contributed by atoms with van der Waals surface area (Å²) in [5.41, 5.74) is 0.502. The average Bonchev–Trinajstić information content (AvgIpc) is 3.14. The van der Waals surface area contributed by atoms with Crippen LogP contribution in [0.3, 0.4) is 0 Å². The Labute approximate surface area is 110 Å². The summed E-state index contributed by atoms with van der Waals surface area (Å²) in [5.74, 6) is 0.542. The summed E-state index contributed by atoms with van der Waals surface area (Å²) in [7, 11) is 1.63. The first-order valence-corrected chi connectivity index (χ1v) is 6.19. The molecule has 0 saturated heterocycles. The van der Waals surface area contributed by atoms with Crippen LogP contribution in [0.1, 0.15) is 12.8 Å². The van der Waals surface area contributed by atoms with Gasteiger partial charge in [0.1, 0.15) is 5.69 Å². The van der Waals surface area contributed by atoms with E-state index in [0.29, 0.717) is 23.2 Å². The molecule has 1 saturated carbocycles. The molecular weight excluding hydrogens is 256 g/mol. The van der Waals surface area contributed by atoms with Gasteiger partial charge in [0.2, 0.25) is 0 Å². The summed E-state index contributed by atoms with van der Waals surface area (Å²) in [6.45, 7) is 0.546. The van der Waals surface area contributed by atoms with Crippen LogP contribution in [0, 0.1) is 16.0 Å². The van der Waals surface area contributed by atoms with Crippen molar-refractivity contribution in [2.24, 2.45) is 5.92 Å². The topological polar surface area (TPSA) is 64.4 Å². The van der Waals surface area contributed by atoms with Crippen molar-refractivity contribution in [2.75, 3.05) is 19.0 Å². The number of nitro benzene ring substituents is 1. The Morgan fingerprint density at radius 3 is 2.89 bits per heavy atom. The summed E-state index contributed by atoms with van der Waals surface area (Å²) in [6, 6.07) is 4.77. The summed E-state index contributed by atoms with van der Waals surface area (Å²) in [5, 5.41) is 14.5. The molecule has 1 aromatic rings. The van der Waals surface area contributed by atoms with E-state index < -0.39 is 4.92 Å². The van der Waals surface area contributed by atoms with E-state index in [9.17, 15) is 10.1 Å². The fourth-order valence-corrected chi connectivity index (χ4v) is 2.12. The Morgan fingerprint density at radius 2 is 2.33 bits per heavy atom. The van der Waals surface area contributed by atoms with Crippen LogP contribution in [-0.2, 0) is 4.74 Å². The maximum atomic E-state index is 11.0. The molecule has 1 aliphatic carbocycles. The van der Waals surface area contributed by atoms with E-state index in [1.165, 1.54) is 6.07 Å². The fraction of sp³-hybridized carbons (Fsp3) is 0.500. The molecule has 18 heavy (non-hydrogen) atoms. The van der Waals surface area contributed by atoms with E-state index in [1.807, 2.05) is 0 Å². The number of nitrogens with zero attached hydrogens (tertiary/aromatic N) is 1. The van der Waals surface area contributed by atoms with Crippen molar-refractivity contribution in [3.05, 3.63) is 33.3 Å². The van der Waals surface area contributed by atoms with Crippen LogP contribution in [-0.4, -0.2) is 24.7 Å². The van der Waals surface area contributed by atoms with Crippen molar-refractivity contribution < 1.29 is 9.66 Å². The SMILES string of the molecule is COCC(Nc1ccc(Cl)cc1[N+](=O)[O-])C1CC1. The number of nitrogens with one attached hydrogen (secondary N) is 1. The molecule has 1 unspecified atom stereocenters. The minimum absolute atomic E-state index is 0.00394. The lowest BCUT2D eigenvalue weighted by Crippen LogP contribution is -2.27. The van der Waals surface area contributed by atoms with Gasteiger partial charge in [-0.1, -0.05) is 11.6 Å². The van der Waals surface area contributed by atoms with Gasteiger partial charge in [0.15, 0.2) is 0 Å². The van der Waals surface area contributed by atoms with E-state index in [0.717, 1.165) is 12.8 Å². The molecular formula is C12H15ClN2O3. The summed E-state index contributed by atoms with van der Waals surface area (Å²) in [4.78, 5) is 10.5. The smallest absolute Gasteiger partial charge is 0.293 e. The number of hydrogen-bond donors (Lipinski definition) is 1. The highest BCUT2D eigenvalue weighted by molar-refractivity contribution is 6.30. The van der Waals surface area contributed by atoms with Crippen LogP contribution in [0.25, 0.3) is 0 Å². The number of benzene rings is 1. The quantitative estimate of drug-likeness (QED) is 0.637. The number of nitro groups is 1. The van der Waals surface area contributed by atoms with Crippen molar-refractivity contribution in [1.29, 1.82) is 0 Å². The molecule has 0 aromatic heterocycles. The minimum atomic E-state index is -0.426. The number of methoxy groups -OCH3 is 1. The monoisotopic (exact) mass is 270 g/mol. The third-order valence-electron chi connectivity index (χ3n) is 3.03. The Morgan fingerprint density at radius 1 is 1.61 bits per heavy atom. The maximum Gasteiger partial charge on any atom is 0.293 e. The van der Waals surface area contributed by atoms with E-state index in [4.69, 9.17) is 16.3 Å². The maximum absolute atomic E-state index is 11.0. The lowest BCUT2D eigenvalue weighted by Gasteiger charge is -2.18. The highest BCUT2D eigenvalue weighted by Crippen LogP contribution is 2.36. The Kier molecular flexibility index (Phi) is 4.04. The molecule has 98 valence electrons. The lowest BCUT2D eigenvalue weighted by atomic mass is 10.1. The standard InChI is InChI=1S/C12H15ClN2O3/c1-18-7-11(8-2-3-8)14-10-5-4-9(13)6-12(10)15(16)17/h4-6,8,11,14H,2-3,7H2,1H3. The van der Waals surface area contributed by atoms with Gasteiger partial charge in [-0.15, -0.1) is 0 Å². The van der Waals surface area contributed by atoms with Gasteiger partial charge in [0.25, 0.3) is 5.69 Å². The summed E-state index contributed by atoms with van der Waals surface area (Å²) >= 11 is 5.78. The highest BCUT2D eigenvalue weighted by Gasteiger charge is 2.32. The van der Waals surface area contributed by atoms with E-state index in [1.54, 1.807) is 19.2 Å². The van der Waals surface area contributed by atoms with Gasteiger partial charge in [0.05, 0.1) is 17.6 Å². The number of halogens is 1. The zero-order valence-corrected chi connectivity index (χ0v) is 10.8. The molecule has 0 radical (unpaired) electrons. The van der Waals surface area contributed by atoms with E-state index in [2.05, 4.69) is 5.32 Å². The van der Waals surface area contributed by atoms with E-state index in [-0.39, 0.29) is 11.7 Å². The Hall–Kier alpha value is -1.33. The number of anilines is 1. The first-order chi connectivity index (χ1) is 8.61. The van der Waals surface area contributed by atoms with Gasteiger partial charge in [-0.2, -0.15) is 0 Å². The van der Waals surface area contributed by atoms with Crippen LogP contribution in [0.15, 0.2) is 18.2 Å². The average molecular weight is 271 g/mol. The molecule has 6 heteroatoms. The first-order valence-electron chi connectivity index (χ1n) is 5.81. The summed E-state index contributed by atoms with van der Waals surface area (Å²) < 4.78 is 5.14. The van der Waals surface area contributed by atoms with Gasteiger partial charge in [0, 0.05) is 18.2 Å². The second-order valence-corrected chi connectivity index (χ2v) is 4.90. The Balaban J connectivity index is 2.18. The molecule has 1 aliphatic rings. The largest absolute Gasteiger partial charge is 0.383 e. The van der Waals surface area contributed by atoms with Gasteiger partial charge >= 0.3 is 0 Å². The second-order valence-electron chi connectivity index (χ2n) is 4.46. The third-order valence-corrected chi connectivity index (χ3v) is 3.27. The lowest BCUT2D eigenvalue weighted by molar-refractivity contribution is -0.384. The minimum Gasteiger partial charge on any atom is -0.383 e. The molecule has 1 N–H and O–H groups in total. The molecule has 5 nitrogen and oxygen atoms in total. The number of hydrogen-bond acceptors (Lipinski definition) is 4. The molecule has 0 bridgehead atoms. The Bertz CT molecular complexity index is 449. The second kappa shape index (κ2) is 5.54. The first kappa shape index (κ1) is 13.1. The summed E-state index contributed by atoms with van der Waals surface area (Å²) in [6.07, 6.45) is 2.28. The predicted octanol–water partition coefficient (Wildman–Crippen LogP) is 3.09. The van der Waals surface area contributed by atoms with Crippen molar-refractivity contribution in [2.45, 2.75) is 18.9 Å². The number of ether oxygens (including phenoxy) is 1. The van der Waals surface area contributed by atoms with Crippen LogP contribution < -0.4 is 5.32 Å². The van der Waals surface area contributed by atoms with Crippen molar-refractivity contribution in [1.82, 2.24) is 0 Å². The molecule has 1 fully saturated rings. The van der Waals surface area contributed by atoms with Gasteiger partial charge in [-0.3, -0.25) is 10.1 Å².